The summed E-state index contributed by atoms with van der Waals surface area (Å²) in [5.74, 6) is 0. The summed E-state index contributed by atoms with van der Waals surface area (Å²) in [7, 11) is 0. The molecule has 1 aromatic heterocycles. The van der Waals surface area contributed by atoms with Crippen LogP contribution in [0.3, 0.4) is 0 Å². The minimum absolute atomic E-state index is 0.509. The minimum Gasteiger partial charge on any atom is -0.314 e. The van der Waals surface area contributed by atoms with E-state index in [0.717, 1.165) is 19.6 Å². The second-order valence-electron chi connectivity index (χ2n) is 6.30. The zero-order valence-electron chi connectivity index (χ0n) is 13.0. The van der Waals surface area contributed by atoms with Gasteiger partial charge >= 0.3 is 0 Å². The van der Waals surface area contributed by atoms with Gasteiger partial charge in [-0.1, -0.05) is 18.9 Å². The fourth-order valence-corrected chi connectivity index (χ4v) is 3.55. The summed E-state index contributed by atoms with van der Waals surface area (Å²) in [4.78, 5) is 9.67. The third-order valence-corrected chi connectivity index (χ3v) is 4.79. The highest BCUT2D eigenvalue weighted by Gasteiger charge is 2.24. The average Bonchev–Trinajstić information content (AvgIpc) is 2.84. The van der Waals surface area contributed by atoms with Crippen molar-refractivity contribution >= 4 is 0 Å². The fraction of sp³-hybridized carbons (Fsp3) is 0.706. The fourth-order valence-electron chi connectivity index (χ4n) is 3.55. The van der Waals surface area contributed by atoms with Crippen molar-refractivity contribution in [2.45, 2.75) is 31.7 Å². The topological polar surface area (TPSA) is 31.4 Å². The molecule has 0 amide bonds. The van der Waals surface area contributed by atoms with Crippen LogP contribution in [0, 0.1) is 0 Å². The highest BCUT2D eigenvalue weighted by atomic mass is 15.2. The number of aromatic nitrogens is 1. The van der Waals surface area contributed by atoms with Gasteiger partial charge in [0, 0.05) is 51.2 Å². The van der Waals surface area contributed by atoms with Gasteiger partial charge in [-0.3, -0.25) is 14.8 Å². The first-order valence-electron chi connectivity index (χ1n) is 8.50. The molecule has 1 aromatic rings. The van der Waals surface area contributed by atoms with Gasteiger partial charge in [0.1, 0.15) is 0 Å². The summed E-state index contributed by atoms with van der Waals surface area (Å²) in [5, 5.41) is 3.45. The SMILES string of the molecule is c1cncc(C(CN2CCNCC2)N2CCCCCC2)c1. The van der Waals surface area contributed by atoms with E-state index in [1.807, 2.05) is 6.20 Å². The Balaban J connectivity index is 1.73. The summed E-state index contributed by atoms with van der Waals surface area (Å²) in [6, 6.07) is 4.85. The smallest absolute Gasteiger partial charge is 0.0490 e. The zero-order valence-corrected chi connectivity index (χ0v) is 13.0. The summed E-state index contributed by atoms with van der Waals surface area (Å²) < 4.78 is 0. The number of pyridine rings is 1. The van der Waals surface area contributed by atoms with Crippen LogP contribution in [0.1, 0.15) is 37.3 Å². The molecule has 0 spiro atoms. The Labute approximate surface area is 128 Å². The predicted octanol–water partition coefficient (Wildman–Crippen LogP) is 1.90. The van der Waals surface area contributed by atoms with Crippen molar-refractivity contribution in [3.8, 4) is 0 Å². The predicted molar refractivity (Wildman–Crippen MR) is 86.3 cm³/mol. The number of hydrogen-bond acceptors (Lipinski definition) is 4. The minimum atomic E-state index is 0.509. The number of likely N-dealkylation sites (tertiary alicyclic amines) is 1. The van der Waals surface area contributed by atoms with E-state index in [0.29, 0.717) is 6.04 Å². The Morgan fingerprint density at radius 1 is 1.05 bits per heavy atom. The molecule has 1 unspecified atom stereocenters. The lowest BCUT2D eigenvalue weighted by atomic mass is 10.1. The molecular weight excluding hydrogens is 260 g/mol. The summed E-state index contributed by atoms with van der Waals surface area (Å²) >= 11 is 0. The molecule has 2 aliphatic rings. The van der Waals surface area contributed by atoms with Crippen molar-refractivity contribution in [1.82, 2.24) is 20.1 Å². The summed E-state index contributed by atoms with van der Waals surface area (Å²) in [6.07, 6.45) is 9.43. The molecule has 0 aliphatic carbocycles. The second-order valence-corrected chi connectivity index (χ2v) is 6.30. The number of rotatable bonds is 4. The van der Waals surface area contributed by atoms with E-state index >= 15 is 0 Å². The first kappa shape index (κ1) is 14.9. The molecule has 0 aromatic carbocycles. The Morgan fingerprint density at radius 2 is 1.81 bits per heavy atom. The van der Waals surface area contributed by atoms with Gasteiger partial charge in [-0.25, -0.2) is 0 Å². The third-order valence-electron chi connectivity index (χ3n) is 4.79. The molecule has 0 saturated carbocycles. The maximum absolute atomic E-state index is 4.36. The normalized spacial score (nSPS) is 23.6. The van der Waals surface area contributed by atoms with Crippen LogP contribution in [-0.4, -0.2) is 60.6 Å². The molecule has 4 nitrogen and oxygen atoms in total. The van der Waals surface area contributed by atoms with Crippen molar-refractivity contribution < 1.29 is 0 Å². The van der Waals surface area contributed by atoms with Gasteiger partial charge in [0.15, 0.2) is 0 Å². The molecule has 116 valence electrons. The van der Waals surface area contributed by atoms with E-state index in [2.05, 4.69) is 38.4 Å². The van der Waals surface area contributed by atoms with E-state index < -0.39 is 0 Å². The van der Waals surface area contributed by atoms with Crippen LogP contribution in [0.5, 0.6) is 0 Å². The first-order chi connectivity index (χ1) is 10.4. The van der Waals surface area contributed by atoms with Gasteiger partial charge in [0.25, 0.3) is 0 Å². The number of hydrogen-bond donors (Lipinski definition) is 1. The zero-order chi connectivity index (χ0) is 14.3. The molecule has 2 aliphatic heterocycles. The van der Waals surface area contributed by atoms with Crippen molar-refractivity contribution in [2.24, 2.45) is 0 Å². The van der Waals surface area contributed by atoms with Gasteiger partial charge in [0.05, 0.1) is 0 Å². The van der Waals surface area contributed by atoms with Crippen LogP contribution in [-0.2, 0) is 0 Å². The van der Waals surface area contributed by atoms with Gasteiger partial charge in [-0.15, -0.1) is 0 Å². The quantitative estimate of drug-likeness (QED) is 0.917. The molecule has 0 bridgehead atoms. The van der Waals surface area contributed by atoms with Crippen LogP contribution < -0.4 is 5.32 Å². The Kier molecular flexibility index (Phi) is 5.60. The molecule has 3 heterocycles. The van der Waals surface area contributed by atoms with E-state index in [1.54, 1.807) is 0 Å². The highest BCUT2D eigenvalue weighted by Crippen LogP contribution is 2.25. The summed E-state index contributed by atoms with van der Waals surface area (Å²) in [6.45, 7) is 8.22. The molecule has 21 heavy (non-hydrogen) atoms. The number of piperazine rings is 1. The van der Waals surface area contributed by atoms with Gasteiger partial charge in [0.2, 0.25) is 0 Å². The van der Waals surface area contributed by atoms with Gasteiger partial charge < -0.3 is 5.32 Å². The van der Waals surface area contributed by atoms with E-state index in [4.69, 9.17) is 0 Å². The average molecular weight is 288 g/mol. The maximum atomic E-state index is 4.36. The molecule has 3 rings (SSSR count). The third kappa shape index (κ3) is 4.25. The summed E-state index contributed by atoms with van der Waals surface area (Å²) in [5.41, 5.74) is 1.39. The van der Waals surface area contributed by atoms with Crippen molar-refractivity contribution in [2.75, 3.05) is 45.8 Å². The number of nitrogens with one attached hydrogen (secondary N) is 1. The van der Waals surface area contributed by atoms with Crippen molar-refractivity contribution in [3.63, 3.8) is 0 Å². The van der Waals surface area contributed by atoms with Crippen molar-refractivity contribution in [1.29, 1.82) is 0 Å². The lowest BCUT2D eigenvalue weighted by Crippen LogP contribution is -2.47. The van der Waals surface area contributed by atoms with E-state index in [1.165, 1.54) is 57.4 Å². The largest absolute Gasteiger partial charge is 0.314 e. The van der Waals surface area contributed by atoms with Gasteiger partial charge in [-0.05, 0) is 37.6 Å². The van der Waals surface area contributed by atoms with Crippen LogP contribution in [0.25, 0.3) is 0 Å². The monoisotopic (exact) mass is 288 g/mol. The molecule has 0 radical (unpaired) electrons. The lowest BCUT2D eigenvalue weighted by molar-refractivity contribution is 0.132. The Hall–Kier alpha value is -0.970. The Morgan fingerprint density at radius 3 is 2.48 bits per heavy atom. The molecular formula is C17H28N4. The molecule has 1 N–H and O–H groups in total. The van der Waals surface area contributed by atoms with E-state index in [-0.39, 0.29) is 0 Å². The molecule has 2 saturated heterocycles. The Bertz CT molecular complexity index is 395. The second kappa shape index (κ2) is 7.87. The van der Waals surface area contributed by atoms with Crippen LogP contribution in [0.2, 0.25) is 0 Å². The first-order valence-corrected chi connectivity index (χ1v) is 8.50. The standard InChI is InChI=1S/C17H28N4/c1-2-4-11-21(10-3-1)17(16-6-5-7-19-14-16)15-20-12-8-18-9-13-20/h5-7,14,17-18H,1-4,8-13,15H2. The lowest BCUT2D eigenvalue weighted by Gasteiger charge is -2.36. The molecule has 4 heteroatoms. The van der Waals surface area contributed by atoms with Crippen molar-refractivity contribution in [3.05, 3.63) is 30.1 Å². The molecule has 2 fully saturated rings. The van der Waals surface area contributed by atoms with Gasteiger partial charge in [-0.2, -0.15) is 0 Å². The van der Waals surface area contributed by atoms with E-state index in [9.17, 15) is 0 Å². The number of nitrogens with zero attached hydrogens (tertiary/aromatic N) is 3. The van der Waals surface area contributed by atoms with Crippen LogP contribution >= 0.6 is 0 Å². The van der Waals surface area contributed by atoms with Crippen LogP contribution in [0.4, 0.5) is 0 Å². The highest BCUT2D eigenvalue weighted by molar-refractivity contribution is 5.15. The maximum Gasteiger partial charge on any atom is 0.0490 e. The van der Waals surface area contributed by atoms with Crippen LogP contribution in [0.15, 0.2) is 24.5 Å². The molecule has 1 atom stereocenters.